The van der Waals surface area contributed by atoms with Gasteiger partial charge < -0.3 is 0 Å². The number of carbonyl (C=O) groups is 1. The van der Waals surface area contributed by atoms with E-state index in [1.54, 1.807) is 0 Å². The molecule has 0 heterocycles. The van der Waals surface area contributed by atoms with Crippen LogP contribution in [0.3, 0.4) is 0 Å². The first-order valence-corrected chi connectivity index (χ1v) is 8.53. The molecule has 3 nitrogen and oxygen atoms in total. The first kappa shape index (κ1) is 14.3. The van der Waals surface area contributed by atoms with Crippen LogP contribution in [0.5, 0.6) is 0 Å². The number of amides is 1. The number of benzene rings is 1. The number of hydrogen-bond acceptors (Lipinski definition) is 2. The number of aryl methyl sites for hydroxylation is 1. The van der Waals surface area contributed by atoms with E-state index >= 15 is 0 Å². The van der Waals surface area contributed by atoms with Crippen molar-refractivity contribution in [3.8, 4) is 0 Å². The van der Waals surface area contributed by atoms with Crippen molar-refractivity contribution >= 4 is 5.91 Å². The van der Waals surface area contributed by atoms with Crippen molar-refractivity contribution in [1.29, 1.82) is 0 Å². The number of hydrogen-bond donors (Lipinski definition) is 2. The van der Waals surface area contributed by atoms with Crippen molar-refractivity contribution in [1.82, 2.24) is 5.48 Å². The number of nitrogens with one attached hydrogen (secondary N) is 1. The summed E-state index contributed by atoms with van der Waals surface area (Å²) in [5, 5.41) is 8.95. The lowest BCUT2D eigenvalue weighted by Crippen LogP contribution is -2.55. The van der Waals surface area contributed by atoms with Crippen LogP contribution in [-0.2, 0) is 10.2 Å². The Labute approximate surface area is 132 Å². The van der Waals surface area contributed by atoms with Crippen LogP contribution in [0.25, 0.3) is 0 Å². The van der Waals surface area contributed by atoms with Gasteiger partial charge in [-0.05, 0) is 73.7 Å². The Balaban J connectivity index is 1.69. The van der Waals surface area contributed by atoms with Gasteiger partial charge in [0.25, 0.3) is 0 Å². The van der Waals surface area contributed by atoms with Crippen LogP contribution in [0.15, 0.2) is 24.3 Å². The SMILES string of the molecule is Cc1ccc(C23CC4CC(CC(CC(=O)NO)(C4)C2)C3)cc1. The zero-order valence-electron chi connectivity index (χ0n) is 13.3. The second-order valence-corrected chi connectivity index (χ2v) is 8.32. The van der Waals surface area contributed by atoms with Crippen LogP contribution >= 0.6 is 0 Å². The zero-order chi connectivity index (χ0) is 15.4. The monoisotopic (exact) mass is 299 g/mol. The van der Waals surface area contributed by atoms with Gasteiger partial charge in [-0.1, -0.05) is 29.8 Å². The van der Waals surface area contributed by atoms with Gasteiger partial charge in [-0.25, -0.2) is 5.48 Å². The topological polar surface area (TPSA) is 49.3 Å². The van der Waals surface area contributed by atoms with Gasteiger partial charge in [-0.3, -0.25) is 10.0 Å². The van der Waals surface area contributed by atoms with Crippen LogP contribution in [0.2, 0.25) is 0 Å². The van der Waals surface area contributed by atoms with Crippen LogP contribution in [0.1, 0.15) is 56.1 Å². The molecule has 2 N–H and O–H groups in total. The smallest absolute Gasteiger partial charge is 0.243 e. The van der Waals surface area contributed by atoms with Gasteiger partial charge in [-0.2, -0.15) is 0 Å². The number of rotatable bonds is 3. The van der Waals surface area contributed by atoms with Gasteiger partial charge in [0, 0.05) is 6.42 Å². The third-order valence-corrected chi connectivity index (χ3v) is 6.51. The lowest BCUT2D eigenvalue weighted by Gasteiger charge is -2.62. The van der Waals surface area contributed by atoms with Gasteiger partial charge in [0.2, 0.25) is 5.91 Å². The molecule has 4 bridgehead atoms. The summed E-state index contributed by atoms with van der Waals surface area (Å²) in [5.41, 5.74) is 5.03. The number of carbonyl (C=O) groups excluding carboxylic acids is 1. The molecule has 5 rings (SSSR count). The average Bonchev–Trinajstić information content (AvgIpc) is 2.45. The fourth-order valence-electron chi connectivity index (χ4n) is 6.28. The Kier molecular flexibility index (Phi) is 3.12. The van der Waals surface area contributed by atoms with E-state index in [0.29, 0.717) is 6.42 Å². The molecule has 118 valence electrons. The molecular weight excluding hydrogens is 274 g/mol. The molecule has 2 unspecified atom stereocenters. The number of hydroxylamine groups is 1. The first-order chi connectivity index (χ1) is 10.5. The Morgan fingerprint density at radius 2 is 1.82 bits per heavy atom. The van der Waals surface area contributed by atoms with E-state index in [1.165, 1.54) is 43.2 Å². The molecule has 0 aliphatic heterocycles. The molecule has 22 heavy (non-hydrogen) atoms. The van der Waals surface area contributed by atoms with E-state index in [1.807, 2.05) is 5.48 Å². The van der Waals surface area contributed by atoms with Gasteiger partial charge >= 0.3 is 0 Å². The lowest BCUT2D eigenvalue weighted by molar-refractivity contribution is -0.139. The highest BCUT2D eigenvalue weighted by Crippen LogP contribution is 2.66. The fourth-order valence-corrected chi connectivity index (χ4v) is 6.28. The standard InChI is InChI=1S/C19H25NO2/c1-13-2-4-16(5-3-13)19-9-14-6-15(10-19)8-18(7-14,12-19)11-17(21)20-22/h2-5,14-15,22H,6-12H2,1H3,(H,20,21). The molecule has 1 amide bonds. The summed E-state index contributed by atoms with van der Waals surface area (Å²) in [4.78, 5) is 11.8. The fraction of sp³-hybridized carbons (Fsp3) is 0.632. The highest BCUT2D eigenvalue weighted by molar-refractivity contribution is 5.75. The highest BCUT2D eigenvalue weighted by atomic mass is 16.5. The van der Waals surface area contributed by atoms with E-state index in [9.17, 15) is 4.79 Å². The summed E-state index contributed by atoms with van der Waals surface area (Å²) >= 11 is 0. The average molecular weight is 299 g/mol. The summed E-state index contributed by atoms with van der Waals surface area (Å²) in [6.07, 6.45) is 7.86. The molecule has 4 saturated carbocycles. The quantitative estimate of drug-likeness (QED) is 0.660. The minimum atomic E-state index is -0.207. The molecular formula is C19H25NO2. The second kappa shape index (κ2) is 4.82. The maximum absolute atomic E-state index is 11.8. The maximum Gasteiger partial charge on any atom is 0.243 e. The van der Waals surface area contributed by atoms with Crippen molar-refractivity contribution < 1.29 is 10.0 Å². The van der Waals surface area contributed by atoms with E-state index in [4.69, 9.17) is 5.21 Å². The minimum absolute atomic E-state index is 0.113. The molecule has 1 aromatic rings. The van der Waals surface area contributed by atoms with E-state index < -0.39 is 0 Å². The summed E-state index contributed by atoms with van der Waals surface area (Å²) in [6, 6.07) is 9.06. The van der Waals surface area contributed by atoms with Crippen LogP contribution in [0.4, 0.5) is 0 Å². The van der Waals surface area contributed by atoms with Crippen molar-refractivity contribution in [2.45, 2.75) is 57.3 Å². The highest BCUT2D eigenvalue weighted by Gasteiger charge is 2.58. The maximum atomic E-state index is 11.8. The molecule has 2 atom stereocenters. The predicted molar refractivity (Wildman–Crippen MR) is 84.5 cm³/mol. The predicted octanol–water partition coefficient (Wildman–Crippen LogP) is 3.73. The second-order valence-electron chi connectivity index (χ2n) is 8.32. The van der Waals surface area contributed by atoms with Crippen molar-refractivity contribution in [3.63, 3.8) is 0 Å². The molecule has 0 spiro atoms. The Bertz CT molecular complexity index is 578. The lowest BCUT2D eigenvalue weighted by atomic mass is 9.42. The van der Waals surface area contributed by atoms with Crippen LogP contribution in [-0.4, -0.2) is 11.1 Å². The summed E-state index contributed by atoms with van der Waals surface area (Å²) in [6.45, 7) is 2.14. The Hall–Kier alpha value is -1.35. The molecule has 4 aliphatic carbocycles. The van der Waals surface area contributed by atoms with Crippen molar-refractivity contribution in [2.24, 2.45) is 17.3 Å². The summed E-state index contributed by atoms with van der Waals surface area (Å²) in [5.74, 6) is 1.31. The van der Waals surface area contributed by atoms with Gasteiger partial charge in [0.05, 0.1) is 0 Å². The van der Waals surface area contributed by atoms with Crippen molar-refractivity contribution in [3.05, 3.63) is 35.4 Å². The summed E-state index contributed by atoms with van der Waals surface area (Å²) in [7, 11) is 0. The van der Waals surface area contributed by atoms with Gasteiger partial charge in [-0.15, -0.1) is 0 Å². The molecule has 3 heteroatoms. The zero-order valence-corrected chi connectivity index (χ0v) is 13.3. The molecule has 0 saturated heterocycles. The molecule has 4 fully saturated rings. The van der Waals surface area contributed by atoms with Gasteiger partial charge in [0.1, 0.15) is 0 Å². The first-order valence-electron chi connectivity index (χ1n) is 8.53. The molecule has 0 radical (unpaired) electrons. The normalized spacial score (nSPS) is 39.0. The molecule has 1 aromatic carbocycles. The third-order valence-electron chi connectivity index (χ3n) is 6.51. The van der Waals surface area contributed by atoms with Crippen LogP contribution < -0.4 is 5.48 Å². The molecule has 0 aromatic heterocycles. The van der Waals surface area contributed by atoms with Gasteiger partial charge in [0.15, 0.2) is 0 Å². The van der Waals surface area contributed by atoms with Crippen molar-refractivity contribution in [2.75, 3.05) is 0 Å². The summed E-state index contributed by atoms with van der Waals surface area (Å²) < 4.78 is 0. The van der Waals surface area contributed by atoms with E-state index in [-0.39, 0.29) is 16.7 Å². The Morgan fingerprint density at radius 1 is 1.18 bits per heavy atom. The van der Waals surface area contributed by atoms with E-state index in [2.05, 4.69) is 31.2 Å². The minimum Gasteiger partial charge on any atom is -0.289 e. The third kappa shape index (κ3) is 2.18. The largest absolute Gasteiger partial charge is 0.289 e. The van der Waals surface area contributed by atoms with Crippen LogP contribution in [0, 0.1) is 24.2 Å². The van der Waals surface area contributed by atoms with E-state index in [0.717, 1.165) is 18.3 Å². The Morgan fingerprint density at radius 3 is 2.41 bits per heavy atom. The molecule has 4 aliphatic rings.